The second-order valence-corrected chi connectivity index (χ2v) is 6.18. The number of carbonyl (C=O) groups is 3. The van der Waals surface area contributed by atoms with Crippen LogP contribution in [0.5, 0.6) is 5.75 Å². The largest absolute Gasteiger partial charge is 0.488 e. The van der Waals surface area contributed by atoms with Crippen molar-refractivity contribution in [3.8, 4) is 5.75 Å². The quantitative estimate of drug-likeness (QED) is 0.649. The summed E-state index contributed by atoms with van der Waals surface area (Å²) in [5.74, 6) is -1.82. The lowest BCUT2D eigenvalue weighted by molar-refractivity contribution is -0.127. The van der Waals surface area contributed by atoms with Gasteiger partial charge in [0.25, 0.3) is 5.91 Å². The van der Waals surface area contributed by atoms with Crippen molar-refractivity contribution in [2.75, 3.05) is 13.2 Å². The molecule has 0 saturated carbocycles. The predicted molar refractivity (Wildman–Crippen MR) is 99.7 cm³/mol. The van der Waals surface area contributed by atoms with Crippen LogP contribution in [-0.2, 0) is 20.9 Å². The summed E-state index contributed by atoms with van der Waals surface area (Å²) in [6, 6.07) is 11.4. The van der Waals surface area contributed by atoms with Crippen molar-refractivity contribution in [3.05, 3.63) is 63.6 Å². The fourth-order valence-corrected chi connectivity index (χ4v) is 2.46. The number of nitrogens with one attached hydrogen (secondary N) is 1. The third kappa shape index (κ3) is 6.47. The first-order chi connectivity index (χ1) is 12.9. The van der Waals surface area contributed by atoms with Crippen molar-refractivity contribution >= 4 is 41.0 Å². The number of halogens is 2. The second-order valence-electron chi connectivity index (χ2n) is 5.34. The topological polar surface area (TPSA) is 108 Å². The molecule has 0 fully saturated rings. The van der Waals surface area contributed by atoms with Crippen LogP contribution in [0.1, 0.15) is 15.9 Å². The molecule has 7 nitrogen and oxygen atoms in total. The lowest BCUT2D eigenvalue weighted by Crippen LogP contribution is -2.36. The Kier molecular flexibility index (Phi) is 7.45. The highest BCUT2D eigenvalue weighted by atomic mass is 35.5. The van der Waals surface area contributed by atoms with Crippen LogP contribution in [0.25, 0.3) is 0 Å². The van der Waals surface area contributed by atoms with E-state index in [4.69, 9.17) is 38.4 Å². The maximum absolute atomic E-state index is 12.2. The van der Waals surface area contributed by atoms with E-state index in [0.717, 1.165) is 0 Å². The first kappa shape index (κ1) is 20.5. The van der Waals surface area contributed by atoms with Crippen molar-refractivity contribution in [1.82, 2.24) is 5.32 Å². The summed E-state index contributed by atoms with van der Waals surface area (Å²) >= 11 is 12.0. The first-order valence-electron chi connectivity index (χ1n) is 7.74. The lowest BCUT2D eigenvalue weighted by atomic mass is 10.2. The number of carbonyl (C=O) groups excluding carboxylic acids is 3. The molecule has 2 rings (SSSR count). The molecule has 0 bridgehead atoms. The number of amides is 2. The van der Waals surface area contributed by atoms with E-state index in [0.29, 0.717) is 15.6 Å². The summed E-state index contributed by atoms with van der Waals surface area (Å²) in [6.07, 6.45) is 0. The maximum atomic E-state index is 12.2. The SMILES string of the molecule is NC(=O)CNC(=O)COC(=O)c1ccccc1OCc1ccc(Cl)cc1Cl. The van der Waals surface area contributed by atoms with Crippen molar-refractivity contribution < 1.29 is 23.9 Å². The summed E-state index contributed by atoms with van der Waals surface area (Å²) in [5, 5.41) is 3.15. The molecule has 3 N–H and O–H groups in total. The minimum atomic E-state index is -0.748. The zero-order valence-electron chi connectivity index (χ0n) is 14.0. The van der Waals surface area contributed by atoms with E-state index in [1.54, 1.807) is 36.4 Å². The molecule has 0 aliphatic heterocycles. The van der Waals surface area contributed by atoms with Gasteiger partial charge in [0.15, 0.2) is 6.61 Å². The summed E-state index contributed by atoms with van der Waals surface area (Å²) in [7, 11) is 0. The summed E-state index contributed by atoms with van der Waals surface area (Å²) in [5.41, 5.74) is 5.75. The Balaban J connectivity index is 1.98. The van der Waals surface area contributed by atoms with E-state index >= 15 is 0 Å². The van der Waals surface area contributed by atoms with Gasteiger partial charge in [0.2, 0.25) is 5.91 Å². The molecule has 27 heavy (non-hydrogen) atoms. The number of ether oxygens (including phenoxy) is 2. The van der Waals surface area contributed by atoms with Crippen molar-refractivity contribution in [1.29, 1.82) is 0 Å². The van der Waals surface area contributed by atoms with Gasteiger partial charge in [-0.05, 0) is 24.3 Å². The molecule has 0 atom stereocenters. The van der Waals surface area contributed by atoms with Crippen molar-refractivity contribution in [3.63, 3.8) is 0 Å². The summed E-state index contributed by atoms with van der Waals surface area (Å²) in [4.78, 5) is 34.3. The van der Waals surface area contributed by atoms with Crippen LogP contribution >= 0.6 is 23.2 Å². The zero-order valence-corrected chi connectivity index (χ0v) is 15.5. The Labute approximate surface area is 165 Å². The molecule has 0 aliphatic rings. The number of hydrogen-bond donors (Lipinski definition) is 2. The summed E-state index contributed by atoms with van der Waals surface area (Å²) < 4.78 is 10.6. The summed E-state index contributed by atoms with van der Waals surface area (Å²) in [6.45, 7) is -0.777. The molecule has 0 heterocycles. The van der Waals surface area contributed by atoms with Crippen LogP contribution in [0.15, 0.2) is 42.5 Å². The van der Waals surface area contributed by atoms with Crippen LogP contribution < -0.4 is 15.8 Å². The molecule has 9 heteroatoms. The molecule has 2 aromatic rings. The number of para-hydroxylation sites is 1. The first-order valence-corrected chi connectivity index (χ1v) is 8.50. The number of rotatable bonds is 8. The molecule has 0 spiro atoms. The highest BCUT2D eigenvalue weighted by molar-refractivity contribution is 6.35. The van der Waals surface area contributed by atoms with Crippen LogP contribution in [0, 0.1) is 0 Å². The van der Waals surface area contributed by atoms with Crippen LogP contribution in [0.3, 0.4) is 0 Å². The Morgan fingerprint density at radius 3 is 2.52 bits per heavy atom. The zero-order chi connectivity index (χ0) is 19.8. The van der Waals surface area contributed by atoms with Gasteiger partial charge in [-0.25, -0.2) is 4.79 Å². The molecule has 0 unspecified atom stereocenters. The van der Waals surface area contributed by atoms with Crippen LogP contribution in [-0.4, -0.2) is 30.9 Å². The van der Waals surface area contributed by atoms with Gasteiger partial charge < -0.3 is 20.5 Å². The van der Waals surface area contributed by atoms with E-state index in [1.807, 2.05) is 0 Å². The number of benzene rings is 2. The fraction of sp³-hybridized carbons (Fsp3) is 0.167. The van der Waals surface area contributed by atoms with Crippen molar-refractivity contribution in [2.45, 2.75) is 6.61 Å². The predicted octanol–water partition coefficient (Wildman–Crippen LogP) is 2.33. The van der Waals surface area contributed by atoms with E-state index < -0.39 is 24.4 Å². The molecule has 142 valence electrons. The fourth-order valence-electron chi connectivity index (χ4n) is 2.00. The molecular formula is C18H16Cl2N2O5. The van der Waals surface area contributed by atoms with Gasteiger partial charge in [0.05, 0.1) is 6.54 Å². The smallest absolute Gasteiger partial charge is 0.342 e. The number of nitrogens with two attached hydrogens (primary N) is 1. The van der Waals surface area contributed by atoms with Gasteiger partial charge >= 0.3 is 5.97 Å². The van der Waals surface area contributed by atoms with Gasteiger partial charge in [-0.2, -0.15) is 0 Å². The van der Waals surface area contributed by atoms with Gasteiger partial charge in [-0.1, -0.05) is 41.4 Å². The average molecular weight is 411 g/mol. The Morgan fingerprint density at radius 1 is 1.07 bits per heavy atom. The monoisotopic (exact) mass is 410 g/mol. The minimum absolute atomic E-state index is 0.111. The normalized spacial score (nSPS) is 10.1. The average Bonchev–Trinajstić information content (AvgIpc) is 2.64. The third-order valence-corrected chi connectivity index (χ3v) is 3.89. The van der Waals surface area contributed by atoms with Crippen LogP contribution in [0.2, 0.25) is 10.0 Å². The highest BCUT2D eigenvalue weighted by Gasteiger charge is 2.16. The molecule has 0 radical (unpaired) electrons. The van der Waals surface area contributed by atoms with Crippen molar-refractivity contribution in [2.24, 2.45) is 5.73 Å². The molecule has 0 aromatic heterocycles. The van der Waals surface area contributed by atoms with E-state index in [9.17, 15) is 14.4 Å². The van der Waals surface area contributed by atoms with E-state index in [1.165, 1.54) is 6.07 Å². The van der Waals surface area contributed by atoms with E-state index in [-0.39, 0.29) is 24.5 Å². The van der Waals surface area contributed by atoms with Gasteiger partial charge in [0, 0.05) is 15.6 Å². The molecule has 0 saturated heterocycles. The Morgan fingerprint density at radius 2 is 1.81 bits per heavy atom. The molecule has 2 aromatic carbocycles. The highest BCUT2D eigenvalue weighted by Crippen LogP contribution is 2.24. The molecular weight excluding hydrogens is 395 g/mol. The number of esters is 1. The molecule has 0 aliphatic carbocycles. The Hall–Kier alpha value is -2.77. The number of primary amides is 1. The van der Waals surface area contributed by atoms with Gasteiger partial charge in [-0.15, -0.1) is 0 Å². The van der Waals surface area contributed by atoms with Gasteiger partial charge in [-0.3, -0.25) is 9.59 Å². The van der Waals surface area contributed by atoms with Gasteiger partial charge in [0.1, 0.15) is 17.9 Å². The minimum Gasteiger partial charge on any atom is -0.488 e. The Bertz CT molecular complexity index is 857. The number of hydrogen-bond acceptors (Lipinski definition) is 5. The molecule has 2 amide bonds. The maximum Gasteiger partial charge on any atom is 0.342 e. The lowest BCUT2D eigenvalue weighted by Gasteiger charge is -2.12. The van der Waals surface area contributed by atoms with Crippen LogP contribution in [0.4, 0.5) is 0 Å². The standard InChI is InChI=1S/C18H16Cl2N2O5/c19-12-6-5-11(14(20)7-12)9-26-15-4-2-1-3-13(15)18(25)27-10-17(24)22-8-16(21)23/h1-7H,8-10H2,(H2,21,23)(H,22,24). The third-order valence-electron chi connectivity index (χ3n) is 3.30. The second kappa shape index (κ2) is 9.80. The van der Waals surface area contributed by atoms with E-state index in [2.05, 4.69) is 5.32 Å².